The molecule has 2 fully saturated rings. The Balaban J connectivity index is 1.76. The molecule has 0 aromatic rings. The Morgan fingerprint density at radius 1 is 0.472 bits per heavy atom. The Kier molecular flexibility index (Phi) is 40.7. The lowest BCUT2D eigenvalue weighted by Gasteiger charge is -2.42. The number of hydrogen-bond acceptors (Lipinski definition) is 14. The molecule has 11 atom stereocenters. The van der Waals surface area contributed by atoms with Gasteiger partial charge < -0.3 is 64.2 Å². The van der Waals surface area contributed by atoms with Crippen molar-refractivity contribution >= 4 is 5.97 Å². The van der Waals surface area contributed by atoms with Crippen molar-refractivity contribution in [1.29, 1.82) is 0 Å². The molecule has 11 unspecified atom stereocenters. The van der Waals surface area contributed by atoms with Gasteiger partial charge in [-0.2, -0.15) is 0 Å². The van der Waals surface area contributed by atoms with Gasteiger partial charge in [-0.1, -0.05) is 170 Å². The number of hydrogen-bond donors (Lipinski definition) is 7. The summed E-state index contributed by atoms with van der Waals surface area (Å²) in [5, 5.41) is 72.3. The van der Waals surface area contributed by atoms with E-state index in [1.165, 1.54) is 89.9 Å². The third-order valence-corrected chi connectivity index (χ3v) is 12.9. The van der Waals surface area contributed by atoms with E-state index in [2.05, 4.69) is 86.8 Å². The lowest BCUT2D eigenvalue weighted by atomic mass is 9.98. The molecule has 0 aliphatic carbocycles. The molecule has 0 aromatic heterocycles. The maximum Gasteiger partial charge on any atom is 0.306 e. The molecule has 0 radical (unpaired) electrons. The van der Waals surface area contributed by atoms with Crippen molar-refractivity contribution in [1.82, 2.24) is 0 Å². The van der Waals surface area contributed by atoms with E-state index < -0.39 is 86.7 Å². The molecule has 2 aliphatic heterocycles. The number of carbonyl (C=O) groups is 1. The number of esters is 1. The first-order valence-corrected chi connectivity index (χ1v) is 28.0. The topological polar surface area (TPSA) is 214 Å². The molecule has 0 spiro atoms. The minimum atomic E-state index is -1.72. The van der Waals surface area contributed by atoms with Crippen molar-refractivity contribution in [2.75, 3.05) is 33.0 Å². The molecule has 2 saturated heterocycles. The molecule has 0 saturated carbocycles. The molecule has 0 bridgehead atoms. The summed E-state index contributed by atoms with van der Waals surface area (Å²) in [6, 6.07) is 0. The van der Waals surface area contributed by atoms with Gasteiger partial charge in [0.2, 0.25) is 0 Å². The van der Waals surface area contributed by atoms with Crippen molar-refractivity contribution in [2.24, 2.45) is 0 Å². The second-order valence-electron chi connectivity index (χ2n) is 19.4. The van der Waals surface area contributed by atoms with Crippen LogP contribution in [-0.2, 0) is 33.2 Å². The Labute approximate surface area is 434 Å². The van der Waals surface area contributed by atoms with Gasteiger partial charge in [-0.25, -0.2) is 0 Å². The lowest BCUT2D eigenvalue weighted by molar-refractivity contribution is -0.332. The highest BCUT2D eigenvalue weighted by molar-refractivity contribution is 5.69. The van der Waals surface area contributed by atoms with E-state index in [1.807, 2.05) is 0 Å². The van der Waals surface area contributed by atoms with E-state index in [-0.39, 0.29) is 19.6 Å². The lowest BCUT2D eigenvalue weighted by Crippen LogP contribution is -2.61. The molecule has 72 heavy (non-hydrogen) atoms. The molecule has 2 aliphatic rings. The molecular weight excluding hydrogens is 921 g/mol. The molecule has 416 valence electrons. The van der Waals surface area contributed by atoms with Gasteiger partial charge in [0.25, 0.3) is 0 Å². The predicted molar refractivity (Wildman–Crippen MR) is 284 cm³/mol. The van der Waals surface area contributed by atoms with Gasteiger partial charge in [-0.05, 0) is 83.5 Å². The van der Waals surface area contributed by atoms with Gasteiger partial charge in [-0.15, -0.1) is 0 Å². The number of unbranched alkanes of at least 4 members (excludes halogenated alkanes) is 18. The van der Waals surface area contributed by atoms with Crippen LogP contribution in [0.5, 0.6) is 0 Å². The van der Waals surface area contributed by atoms with Gasteiger partial charge in [0, 0.05) is 13.0 Å². The highest BCUT2D eigenvalue weighted by atomic mass is 16.7. The summed E-state index contributed by atoms with van der Waals surface area (Å²) in [6.45, 7) is 3.52. The van der Waals surface area contributed by atoms with Crippen LogP contribution in [0.15, 0.2) is 72.9 Å². The molecule has 14 heteroatoms. The average Bonchev–Trinajstić information content (AvgIpc) is 3.38. The molecule has 0 amide bonds. The van der Waals surface area contributed by atoms with Crippen molar-refractivity contribution in [3.63, 3.8) is 0 Å². The number of rotatable bonds is 44. The van der Waals surface area contributed by atoms with Crippen LogP contribution in [0.25, 0.3) is 0 Å². The van der Waals surface area contributed by atoms with E-state index in [0.29, 0.717) is 13.0 Å². The number of aliphatic hydroxyl groups is 7. The van der Waals surface area contributed by atoms with Crippen LogP contribution in [-0.4, -0.2) is 142 Å². The third kappa shape index (κ3) is 31.3. The van der Waals surface area contributed by atoms with E-state index in [0.717, 1.165) is 70.6 Å². The largest absolute Gasteiger partial charge is 0.457 e. The quantitative estimate of drug-likeness (QED) is 0.0172. The van der Waals surface area contributed by atoms with Gasteiger partial charge in [0.05, 0.1) is 26.4 Å². The molecule has 2 heterocycles. The second kappa shape index (κ2) is 44.7. The summed E-state index contributed by atoms with van der Waals surface area (Å²) in [6.07, 6.45) is 39.6. The number of aliphatic hydroxyl groups excluding tert-OH is 7. The second-order valence-corrected chi connectivity index (χ2v) is 19.4. The van der Waals surface area contributed by atoms with Gasteiger partial charge in [-0.3, -0.25) is 4.79 Å². The Hall–Kier alpha value is -2.57. The molecule has 0 aromatic carbocycles. The summed E-state index contributed by atoms with van der Waals surface area (Å²) < 4.78 is 34.3. The van der Waals surface area contributed by atoms with Gasteiger partial charge in [0.1, 0.15) is 54.9 Å². The predicted octanol–water partition coefficient (Wildman–Crippen LogP) is 9.47. The zero-order valence-corrected chi connectivity index (χ0v) is 44.4. The number of ether oxygens (including phenoxy) is 6. The van der Waals surface area contributed by atoms with Crippen LogP contribution < -0.4 is 0 Å². The smallest absolute Gasteiger partial charge is 0.306 e. The van der Waals surface area contributed by atoms with Crippen molar-refractivity contribution in [3.05, 3.63) is 72.9 Å². The molecule has 7 N–H and O–H groups in total. The van der Waals surface area contributed by atoms with Crippen LogP contribution in [0.2, 0.25) is 0 Å². The van der Waals surface area contributed by atoms with Crippen molar-refractivity contribution in [2.45, 2.75) is 255 Å². The SMILES string of the molecule is CC/C=C\C/C=C\C/C=C\C/C=C\C/C=C\CCCCCC(=O)OC(COCCCCCCCCCC/C=C\CCCCCCCCC)COC1OC(COC2OC(CO)C(O)C(O)C2O)C(O)C(O)C1O. The van der Waals surface area contributed by atoms with Crippen molar-refractivity contribution in [3.8, 4) is 0 Å². The first kappa shape index (κ1) is 65.5. The molecular formula is C58H100O14. The summed E-state index contributed by atoms with van der Waals surface area (Å²) >= 11 is 0. The summed E-state index contributed by atoms with van der Waals surface area (Å²) in [5.41, 5.74) is 0. The van der Waals surface area contributed by atoms with Crippen LogP contribution in [0.1, 0.15) is 187 Å². The van der Waals surface area contributed by atoms with Crippen molar-refractivity contribution < 1.29 is 69.0 Å². The van der Waals surface area contributed by atoms with E-state index in [4.69, 9.17) is 28.4 Å². The van der Waals surface area contributed by atoms with E-state index in [9.17, 15) is 40.5 Å². The fraction of sp³-hybridized carbons (Fsp3) is 0.776. The first-order valence-electron chi connectivity index (χ1n) is 28.0. The molecule has 14 nitrogen and oxygen atoms in total. The Bertz CT molecular complexity index is 1460. The highest BCUT2D eigenvalue weighted by Gasteiger charge is 2.47. The zero-order chi connectivity index (χ0) is 52.3. The summed E-state index contributed by atoms with van der Waals surface area (Å²) in [5.74, 6) is -0.409. The summed E-state index contributed by atoms with van der Waals surface area (Å²) in [4.78, 5) is 13.0. The van der Waals surface area contributed by atoms with Gasteiger partial charge >= 0.3 is 5.97 Å². The van der Waals surface area contributed by atoms with Gasteiger partial charge in [0.15, 0.2) is 12.6 Å². The monoisotopic (exact) mass is 1020 g/mol. The fourth-order valence-corrected chi connectivity index (χ4v) is 8.42. The number of allylic oxidation sites excluding steroid dienone is 12. The van der Waals surface area contributed by atoms with E-state index >= 15 is 0 Å². The minimum absolute atomic E-state index is 0.0426. The number of carbonyl (C=O) groups excluding carboxylic acids is 1. The van der Waals surface area contributed by atoms with Crippen LogP contribution in [0.3, 0.4) is 0 Å². The fourth-order valence-electron chi connectivity index (χ4n) is 8.42. The maximum absolute atomic E-state index is 13.0. The first-order chi connectivity index (χ1) is 35.1. The summed E-state index contributed by atoms with van der Waals surface area (Å²) in [7, 11) is 0. The van der Waals surface area contributed by atoms with Crippen LogP contribution in [0.4, 0.5) is 0 Å². The van der Waals surface area contributed by atoms with Crippen LogP contribution >= 0.6 is 0 Å². The molecule has 2 rings (SSSR count). The highest BCUT2D eigenvalue weighted by Crippen LogP contribution is 2.26. The maximum atomic E-state index is 13.0. The average molecular weight is 1020 g/mol. The van der Waals surface area contributed by atoms with E-state index in [1.54, 1.807) is 0 Å². The third-order valence-electron chi connectivity index (χ3n) is 12.9. The Morgan fingerprint density at radius 2 is 0.903 bits per heavy atom. The zero-order valence-electron chi connectivity index (χ0n) is 44.4. The Morgan fingerprint density at radius 3 is 1.43 bits per heavy atom. The van der Waals surface area contributed by atoms with Crippen LogP contribution in [0, 0.1) is 0 Å². The normalized spacial score (nSPS) is 25.7. The minimum Gasteiger partial charge on any atom is -0.457 e. The standard InChI is InChI=1S/C58H100O14/c1-3-5-7-9-11-13-15-17-19-21-23-25-27-29-31-33-35-37-39-41-50(60)70-47(44-67-42-40-38-36-34-32-30-28-26-24-22-20-18-16-14-12-10-8-6-4-2)45-68-57-56(66)54(64)52(62)49(72-57)46-69-58-55(65)53(63)51(61)48(43-59)71-58/h5,7,11,13,17,19-20,22-23,25,29,31,47-49,51-59,61-66H,3-4,6,8-10,12,14-16,18,21,24,26-28,30,32-46H2,1-2H3/b7-5-,13-11-,19-17-,22-20-,25-23-,31-29-.